The van der Waals surface area contributed by atoms with Crippen LogP contribution in [0.5, 0.6) is 0 Å². The summed E-state index contributed by atoms with van der Waals surface area (Å²) in [5.74, 6) is 0. The summed E-state index contributed by atoms with van der Waals surface area (Å²) in [6, 6.07) is 7.40. The van der Waals surface area contributed by atoms with Crippen LogP contribution in [0.1, 0.15) is 5.56 Å². The lowest BCUT2D eigenvalue weighted by Gasteiger charge is -2.28. The number of nitrogens with one attached hydrogen (secondary N) is 1. The van der Waals surface area contributed by atoms with E-state index in [0.29, 0.717) is 5.58 Å². The van der Waals surface area contributed by atoms with Crippen molar-refractivity contribution in [1.29, 1.82) is 0 Å². The van der Waals surface area contributed by atoms with Gasteiger partial charge in [0.2, 0.25) is 0 Å². The van der Waals surface area contributed by atoms with Crippen LogP contribution < -0.4 is 5.32 Å². The molecule has 2 rings (SSSR count). The predicted molar refractivity (Wildman–Crippen MR) is 72.1 cm³/mol. The van der Waals surface area contributed by atoms with Crippen LogP contribution in [0.2, 0.25) is 5.22 Å². The molecule has 0 saturated heterocycles. The average molecular weight is 286 g/mol. The maximum absolute atomic E-state index is 9.25. The van der Waals surface area contributed by atoms with E-state index in [9.17, 15) is 15.3 Å². The van der Waals surface area contributed by atoms with Gasteiger partial charge in [0, 0.05) is 17.5 Å². The standard InChI is InChI=1S/C13H16ClNO4/c14-12-10(5-15-13(6-16,7-17)8-18)9-3-1-2-4-11(9)19-12/h1-4,15-18H,5-8H2. The van der Waals surface area contributed by atoms with Gasteiger partial charge in [-0.2, -0.15) is 0 Å². The number of halogens is 1. The molecule has 0 atom stereocenters. The Kier molecular flexibility index (Phi) is 4.44. The van der Waals surface area contributed by atoms with Gasteiger partial charge in [-0.05, 0) is 17.7 Å². The first-order chi connectivity index (χ1) is 9.15. The fraction of sp³-hybridized carbons (Fsp3) is 0.385. The van der Waals surface area contributed by atoms with Gasteiger partial charge >= 0.3 is 0 Å². The Morgan fingerprint density at radius 1 is 1.11 bits per heavy atom. The molecular weight excluding hydrogens is 270 g/mol. The van der Waals surface area contributed by atoms with Crippen molar-refractivity contribution in [3.8, 4) is 0 Å². The third-order valence-corrected chi connectivity index (χ3v) is 3.50. The lowest BCUT2D eigenvalue weighted by Crippen LogP contribution is -2.54. The van der Waals surface area contributed by atoms with Crippen LogP contribution in [-0.4, -0.2) is 40.7 Å². The molecule has 0 aliphatic carbocycles. The topological polar surface area (TPSA) is 85.9 Å². The van der Waals surface area contributed by atoms with Gasteiger partial charge in [0.15, 0.2) is 5.22 Å². The SMILES string of the molecule is OCC(CO)(CO)NCc1c(Cl)oc2ccccc12. The van der Waals surface area contributed by atoms with Gasteiger partial charge in [0.05, 0.1) is 25.4 Å². The Hall–Kier alpha value is -1.11. The average Bonchev–Trinajstić information content (AvgIpc) is 2.77. The van der Waals surface area contributed by atoms with Crippen LogP contribution in [0.15, 0.2) is 28.7 Å². The van der Waals surface area contributed by atoms with Crippen LogP contribution in [-0.2, 0) is 6.54 Å². The highest BCUT2D eigenvalue weighted by molar-refractivity contribution is 6.30. The molecule has 2 aromatic rings. The van der Waals surface area contributed by atoms with E-state index in [1.165, 1.54) is 0 Å². The molecule has 0 amide bonds. The highest BCUT2D eigenvalue weighted by atomic mass is 35.5. The van der Waals surface area contributed by atoms with E-state index >= 15 is 0 Å². The number of hydrogen-bond donors (Lipinski definition) is 4. The highest BCUT2D eigenvalue weighted by Crippen LogP contribution is 2.29. The molecule has 19 heavy (non-hydrogen) atoms. The highest BCUT2D eigenvalue weighted by Gasteiger charge is 2.28. The van der Waals surface area contributed by atoms with Crippen molar-refractivity contribution in [2.75, 3.05) is 19.8 Å². The van der Waals surface area contributed by atoms with Crippen molar-refractivity contribution in [1.82, 2.24) is 5.32 Å². The number of rotatable bonds is 6. The summed E-state index contributed by atoms with van der Waals surface area (Å²) in [6.45, 7) is -0.869. The van der Waals surface area contributed by atoms with Gasteiger partial charge in [-0.25, -0.2) is 0 Å². The third-order valence-electron chi connectivity index (χ3n) is 3.20. The molecule has 1 aromatic heterocycles. The summed E-state index contributed by atoms with van der Waals surface area (Å²) >= 11 is 6.03. The maximum Gasteiger partial charge on any atom is 0.199 e. The van der Waals surface area contributed by atoms with Gasteiger partial charge in [0.25, 0.3) is 0 Å². The van der Waals surface area contributed by atoms with E-state index < -0.39 is 5.54 Å². The molecule has 104 valence electrons. The second-order valence-electron chi connectivity index (χ2n) is 4.46. The molecule has 6 heteroatoms. The molecule has 0 aliphatic heterocycles. The van der Waals surface area contributed by atoms with E-state index in [1.807, 2.05) is 24.3 Å². The Bertz CT molecular complexity index is 542. The Morgan fingerprint density at radius 3 is 2.37 bits per heavy atom. The van der Waals surface area contributed by atoms with Crippen LogP contribution >= 0.6 is 11.6 Å². The monoisotopic (exact) mass is 285 g/mol. The maximum atomic E-state index is 9.25. The Morgan fingerprint density at radius 2 is 1.74 bits per heavy atom. The zero-order valence-electron chi connectivity index (χ0n) is 10.3. The molecule has 1 aromatic carbocycles. The van der Waals surface area contributed by atoms with Gasteiger partial charge in [0.1, 0.15) is 5.58 Å². The Labute approximate surface area is 115 Å². The largest absolute Gasteiger partial charge is 0.444 e. The van der Waals surface area contributed by atoms with Crippen molar-refractivity contribution in [3.63, 3.8) is 0 Å². The molecule has 1 heterocycles. The van der Waals surface area contributed by atoms with Gasteiger partial charge in [-0.15, -0.1) is 0 Å². The first-order valence-electron chi connectivity index (χ1n) is 5.89. The number of fused-ring (bicyclic) bond motifs is 1. The molecular formula is C13H16ClNO4. The molecule has 0 spiro atoms. The lowest BCUT2D eigenvalue weighted by atomic mass is 10.0. The molecule has 0 saturated carbocycles. The van der Waals surface area contributed by atoms with Crippen LogP contribution in [0.4, 0.5) is 0 Å². The third kappa shape index (κ3) is 2.75. The Balaban J connectivity index is 2.24. The van der Waals surface area contributed by atoms with Gasteiger partial charge < -0.3 is 25.1 Å². The minimum Gasteiger partial charge on any atom is -0.444 e. The van der Waals surface area contributed by atoms with Gasteiger partial charge in [-0.3, -0.25) is 0 Å². The summed E-state index contributed by atoms with van der Waals surface area (Å²) in [6.07, 6.45) is 0. The van der Waals surface area contributed by atoms with E-state index in [1.54, 1.807) is 0 Å². The zero-order valence-corrected chi connectivity index (χ0v) is 11.0. The van der Waals surface area contributed by atoms with E-state index in [4.69, 9.17) is 16.0 Å². The van der Waals surface area contributed by atoms with E-state index in [-0.39, 0.29) is 31.6 Å². The number of aliphatic hydroxyl groups is 3. The molecule has 0 unspecified atom stereocenters. The molecule has 4 N–H and O–H groups in total. The molecule has 0 aliphatic rings. The van der Waals surface area contributed by atoms with Crippen molar-refractivity contribution in [2.45, 2.75) is 12.1 Å². The summed E-state index contributed by atoms with van der Waals surface area (Å²) in [7, 11) is 0. The first kappa shape index (κ1) is 14.3. The zero-order chi connectivity index (χ0) is 13.9. The quantitative estimate of drug-likeness (QED) is 0.633. The minimum absolute atomic E-state index is 0.261. The molecule has 0 radical (unpaired) electrons. The minimum atomic E-state index is -1.14. The predicted octanol–water partition coefficient (Wildman–Crippen LogP) is 0.892. The fourth-order valence-corrected chi connectivity index (χ4v) is 2.08. The summed E-state index contributed by atoms with van der Waals surface area (Å²) < 4.78 is 5.40. The molecule has 5 nitrogen and oxygen atoms in total. The number of furan rings is 1. The smallest absolute Gasteiger partial charge is 0.199 e. The van der Waals surface area contributed by atoms with Gasteiger partial charge in [-0.1, -0.05) is 18.2 Å². The van der Waals surface area contributed by atoms with Crippen LogP contribution in [0, 0.1) is 0 Å². The summed E-state index contributed by atoms with van der Waals surface area (Å²) in [5.41, 5.74) is 0.269. The van der Waals surface area contributed by atoms with Crippen LogP contribution in [0.3, 0.4) is 0 Å². The van der Waals surface area contributed by atoms with Crippen molar-refractivity contribution < 1.29 is 19.7 Å². The summed E-state index contributed by atoms with van der Waals surface area (Å²) in [5, 5.41) is 31.8. The molecule has 0 bridgehead atoms. The van der Waals surface area contributed by atoms with E-state index in [0.717, 1.165) is 10.9 Å². The first-order valence-corrected chi connectivity index (χ1v) is 6.27. The number of para-hydroxylation sites is 1. The van der Waals surface area contributed by atoms with Crippen molar-refractivity contribution in [2.24, 2.45) is 0 Å². The molecule has 0 fully saturated rings. The second-order valence-corrected chi connectivity index (χ2v) is 4.80. The van der Waals surface area contributed by atoms with E-state index in [2.05, 4.69) is 5.32 Å². The second kappa shape index (κ2) is 5.90. The lowest BCUT2D eigenvalue weighted by molar-refractivity contribution is 0.0414. The fourth-order valence-electron chi connectivity index (χ4n) is 1.83. The summed E-state index contributed by atoms with van der Waals surface area (Å²) in [4.78, 5) is 0. The van der Waals surface area contributed by atoms with Crippen molar-refractivity contribution in [3.05, 3.63) is 35.0 Å². The number of hydrogen-bond acceptors (Lipinski definition) is 5. The van der Waals surface area contributed by atoms with Crippen LogP contribution in [0.25, 0.3) is 11.0 Å². The normalized spacial score (nSPS) is 12.2. The number of aliphatic hydroxyl groups excluding tert-OH is 3. The number of benzene rings is 1. The van der Waals surface area contributed by atoms with Crippen molar-refractivity contribution >= 4 is 22.6 Å².